The van der Waals surface area contributed by atoms with E-state index in [1.807, 2.05) is 6.07 Å². The van der Waals surface area contributed by atoms with Crippen molar-refractivity contribution in [3.63, 3.8) is 0 Å². The molecule has 1 fully saturated rings. The Kier molecular flexibility index (Phi) is 5.48. The van der Waals surface area contributed by atoms with Gasteiger partial charge in [-0.1, -0.05) is 30.3 Å². The zero-order valence-corrected chi connectivity index (χ0v) is 14.2. The molecule has 1 heterocycles. The molecule has 2 aromatic rings. The molecule has 7 heteroatoms. The van der Waals surface area contributed by atoms with Crippen LogP contribution in [-0.2, 0) is 14.4 Å². The molecule has 0 amide bonds. The van der Waals surface area contributed by atoms with E-state index < -0.39 is 17.8 Å². The molecular weight excluding hydrogens is 341 g/mol. The number of benzene rings is 2. The predicted molar refractivity (Wildman–Crippen MR) is 90.9 cm³/mol. The summed E-state index contributed by atoms with van der Waals surface area (Å²) in [6.07, 6.45) is 0.656. The van der Waals surface area contributed by atoms with Gasteiger partial charge in [-0.25, -0.2) is 14.0 Å². The van der Waals surface area contributed by atoms with E-state index in [9.17, 15) is 14.0 Å². The Labute approximate surface area is 149 Å². The molecule has 1 aliphatic heterocycles. The summed E-state index contributed by atoms with van der Waals surface area (Å²) in [5, 5.41) is 3.06. The minimum Gasteiger partial charge on any atom is -0.465 e. The Morgan fingerprint density at radius 3 is 2.62 bits per heavy atom. The van der Waals surface area contributed by atoms with Crippen LogP contribution in [0.15, 0.2) is 42.5 Å². The topological polar surface area (TPSA) is 73.9 Å². The fourth-order valence-electron chi connectivity index (χ4n) is 2.74. The van der Waals surface area contributed by atoms with Gasteiger partial charge in [0, 0.05) is 18.2 Å². The Hall–Kier alpha value is -2.93. The van der Waals surface area contributed by atoms with Crippen LogP contribution in [0.4, 0.5) is 4.39 Å². The summed E-state index contributed by atoms with van der Waals surface area (Å²) in [5.41, 5.74) is 0.848. The van der Waals surface area contributed by atoms with E-state index in [1.54, 1.807) is 24.3 Å². The monoisotopic (exact) mass is 359 g/mol. The number of methoxy groups -OCH3 is 1. The molecular formula is C19H18FNO5. The lowest BCUT2D eigenvalue weighted by molar-refractivity contribution is -0.217. The second-order valence-corrected chi connectivity index (χ2v) is 5.86. The van der Waals surface area contributed by atoms with E-state index in [0.29, 0.717) is 24.1 Å². The highest BCUT2D eigenvalue weighted by atomic mass is 19.1. The highest BCUT2D eigenvalue weighted by Gasteiger charge is 2.26. The van der Waals surface area contributed by atoms with Gasteiger partial charge in [0.15, 0.2) is 5.75 Å². The van der Waals surface area contributed by atoms with Gasteiger partial charge in [0.25, 0.3) is 0 Å². The minimum absolute atomic E-state index is 0.000610. The van der Waals surface area contributed by atoms with Gasteiger partial charge in [-0.2, -0.15) is 0 Å². The van der Waals surface area contributed by atoms with Crippen molar-refractivity contribution in [3.05, 3.63) is 53.8 Å². The second-order valence-electron chi connectivity index (χ2n) is 5.86. The first-order valence-corrected chi connectivity index (χ1v) is 8.16. The SMILES string of the molecule is COC(=O)c1cc(-c2ccccc2)c(OOC(=O)[C@H]2CCNC2)cc1F. The van der Waals surface area contributed by atoms with E-state index in [-0.39, 0.29) is 17.2 Å². The molecule has 0 spiro atoms. The first-order chi connectivity index (χ1) is 12.6. The lowest BCUT2D eigenvalue weighted by Gasteiger charge is -2.13. The molecule has 0 saturated carbocycles. The Bertz CT molecular complexity index is 803. The number of hydrogen-bond acceptors (Lipinski definition) is 6. The van der Waals surface area contributed by atoms with Crippen molar-refractivity contribution in [1.82, 2.24) is 5.32 Å². The molecule has 6 nitrogen and oxygen atoms in total. The maximum absolute atomic E-state index is 14.3. The molecule has 1 saturated heterocycles. The number of rotatable bonds is 5. The van der Waals surface area contributed by atoms with Gasteiger partial charge < -0.3 is 10.1 Å². The van der Waals surface area contributed by atoms with Gasteiger partial charge in [0.1, 0.15) is 5.82 Å². The third-order valence-electron chi connectivity index (χ3n) is 4.17. The standard InChI is InChI=1S/C19H18FNO5/c1-24-19(23)15-9-14(12-5-3-2-4-6-12)17(10-16(15)20)25-26-18(22)13-7-8-21-11-13/h2-6,9-10,13,21H,7-8,11H2,1H3/t13-/m0/s1. The summed E-state index contributed by atoms with van der Waals surface area (Å²) in [7, 11) is 1.17. The maximum atomic E-state index is 14.3. The number of ether oxygens (including phenoxy) is 1. The van der Waals surface area contributed by atoms with Crippen LogP contribution in [0.2, 0.25) is 0 Å². The number of halogens is 1. The molecule has 2 aromatic carbocycles. The summed E-state index contributed by atoms with van der Waals surface area (Å²) in [6.45, 7) is 1.25. The van der Waals surface area contributed by atoms with E-state index in [0.717, 1.165) is 12.6 Å². The lowest BCUT2D eigenvalue weighted by Crippen LogP contribution is -2.21. The minimum atomic E-state index is -0.829. The van der Waals surface area contributed by atoms with E-state index in [1.165, 1.54) is 13.2 Å². The van der Waals surface area contributed by atoms with Crippen molar-refractivity contribution >= 4 is 11.9 Å². The van der Waals surface area contributed by atoms with Crippen molar-refractivity contribution in [2.75, 3.05) is 20.2 Å². The van der Waals surface area contributed by atoms with Crippen molar-refractivity contribution in [3.8, 4) is 16.9 Å². The van der Waals surface area contributed by atoms with Gasteiger partial charge in [-0.3, -0.25) is 9.78 Å². The van der Waals surface area contributed by atoms with Gasteiger partial charge in [0.05, 0.1) is 18.6 Å². The predicted octanol–water partition coefficient (Wildman–Crippen LogP) is 2.73. The van der Waals surface area contributed by atoms with E-state index in [2.05, 4.69) is 10.1 Å². The van der Waals surface area contributed by atoms with Crippen LogP contribution < -0.4 is 10.2 Å². The van der Waals surface area contributed by atoms with Gasteiger partial charge in [-0.05, 0) is 24.6 Å². The highest BCUT2D eigenvalue weighted by molar-refractivity contribution is 5.92. The second kappa shape index (κ2) is 7.97. The van der Waals surface area contributed by atoms with Gasteiger partial charge in [-0.15, -0.1) is 0 Å². The molecule has 0 aromatic heterocycles. The largest absolute Gasteiger partial charge is 0.465 e. The van der Waals surface area contributed by atoms with Crippen LogP contribution in [0.3, 0.4) is 0 Å². The maximum Gasteiger partial charge on any atom is 0.359 e. The van der Waals surface area contributed by atoms with E-state index in [4.69, 9.17) is 9.78 Å². The average molecular weight is 359 g/mol. The molecule has 0 radical (unpaired) electrons. The number of nitrogens with one attached hydrogen (secondary N) is 1. The van der Waals surface area contributed by atoms with Crippen LogP contribution >= 0.6 is 0 Å². The summed E-state index contributed by atoms with van der Waals surface area (Å²) >= 11 is 0. The number of carbonyl (C=O) groups excluding carboxylic acids is 2. The summed E-state index contributed by atoms with van der Waals surface area (Å²) in [6, 6.07) is 11.3. The zero-order valence-electron chi connectivity index (χ0n) is 14.2. The third-order valence-corrected chi connectivity index (χ3v) is 4.17. The zero-order chi connectivity index (χ0) is 18.5. The van der Waals surface area contributed by atoms with Crippen molar-refractivity contribution in [1.29, 1.82) is 0 Å². The van der Waals surface area contributed by atoms with Crippen LogP contribution in [0.1, 0.15) is 16.8 Å². The summed E-state index contributed by atoms with van der Waals surface area (Å²) in [5.74, 6) is -2.45. The molecule has 0 aliphatic carbocycles. The molecule has 1 aliphatic rings. The molecule has 26 heavy (non-hydrogen) atoms. The lowest BCUT2D eigenvalue weighted by atomic mass is 10.0. The fourth-order valence-corrected chi connectivity index (χ4v) is 2.74. The molecule has 0 unspecified atom stereocenters. The fraction of sp³-hybridized carbons (Fsp3) is 0.263. The van der Waals surface area contributed by atoms with Gasteiger partial charge >= 0.3 is 11.9 Å². The smallest absolute Gasteiger partial charge is 0.359 e. The first kappa shape index (κ1) is 17.9. The molecule has 1 atom stereocenters. The van der Waals surface area contributed by atoms with E-state index >= 15 is 0 Å². The third kappa shape index (κ3) is 3.83. The van der Waals surface area contributed by atoms with Crippen molar-refractivity contribution in [2.24, 2.45) is 5.92 Å². The van der Waals surface area contributed by atoms with Gasteiger partial charge in [0.2, 0.25) is 0 Å². The molecule has 0 bridgehead atoms. The molecule has 3 rings (SSSR count). The Morgan fingerprint density at radius 2 is 1.96 bits per heavy atom. The number of hydrogen-bond donors (Lipinski definition) is 1. The van der Waals surface area contributed by atoms with Crippen LogP contribution in [0.25, 0.3) is 11.1 Å². The van der Waals surface area contributed by atoms with Crippen LogP contribution in [0.5, 0.6) is 5.75 Å². The Morgan fingerprint density at radius 1 is 1.19 bits per heavy atom. The normalized spacial score (nSPS) is 16.2. The Balaban J connectivity index is 1.91. The summed E-state index contributed by atoms with van der Waals surface area (Å²) in [4.78, 5) is 33.8. The van der Waals surface area contributed by atoms with Crippen molar-refractivity contribution in [2.45, 2.75) is 6.42 Å². The summed E-state index contributed by atoms with van der Waals surface area (Å²) < 4.78 is 18.9. The molecule has 1 N–H and O–H groups in total. The first-order valence-electron chi connectivity index (χ1n) is 8.16. The quantitative estimate of drug-likeness (QED) is 0.503. The molecule has 136 valence electrons. The average Bonchev–Trinajstić information content (AvgIpc) is 3.21. The van der Waals surface area contributed by atoms with Crippen LogP contribution in [0, 0.1) is 11.7 Å². The van der Waals surface area contributed by atoms with Crippen LogP contribution in [-0.4, -0.2) is 32.1 Å². The number of carbonyl (C=O) groups is 2. The number of esters is 1. The van der Waals surface area contributed by atoms with Crippen molar-refractivity contribution < 1.29 is 28.5 Å². The highest BCUT2D eigenvalue weighted by Crippen LogP contribution is 2.33.